The fraction of sp³-hybridized carbons (Fsp3) is 0.333. The van der Waals surface area contributed by atoms with Crippen molar-refractivity contribution < 1.29 is 23.8 Å². The summed E-state index contributed by atoms with van der Waals surface area (Å²) in [5.74, 6) is -1.23. The smallest absolute Gasteiger partial charge is 0.290 e. The Morgan fingerprint density at radius 3 is 2.47 bits per heavy atom. The van der Waals surface area contributed by atoms with Crippen molar-refractivity contribution in [1.29, 1.82) is 0 Å². The van der Waals surface area contributed by atoms with Gasteiger partial charge in [-0.3, -0.25) is 9.59 Å². The molecule has 1 amide bonds. The van der Waals surface area contributed by atoms with E-state index in [4.69, 9.17) is 9.15 Å². The predicted octanol–water partition coefficient (Wildman–Crippen LogP) is 6.32. The van der Waals surface area contributed by atoms with E-state index < -0.39 is 23.5 Å². The summed E-state index contributed by atoms with van der Waals surface area (Å²) in [5, 5.41) is 11.6. The molecule has 0 saturated carbocycles. The average molecular weight is 526 g/mol. The molecular weight excluding hydrogens is 498 g/mol. The highest BCUT2D eigenvalue weighted by Crippen LogP contribution is 2.40. The van der Waals surface area contributed by atoms with E-state index in [0.717, 1.165) is 21.0 Å². The van der Waals surface area contributed by atoms with Gasteiger partial charge in [0, 0.05) is 16.4 Å². The first kappa shape index (κ1) is 24.2. The van der Waals surface area contributed by atoms with Gasteiger partial charge in [-0.1, -0.05) is 54.0 Å². The van der Waals surface area contributed by atoms with Crippen molar-refractivity contribution in [3.63, 3.8) is 0 Å². The second kappa shape index (κ2) is 9.76. The number of amides is 1. The van der Waals surface area contributed by atoms with E-state index >= 15 is 0 Å². The number of benzene rings is 2. The number of furan rings is 1. The highest BCUT2D eigenvalue weighted by molar-refractivity contribution is 9.10. The number of fused-ring (bicyclic) bond motifs is 1. The highest BCUT2D eigenvalue weighted by atomic mass is 79.9. The summed E-state index contributed by atoms with van der Waals surface area (Å²) >= 11 is 3.42. The number of ketones is 1. The second-order valence-corrected chi connectivity index (χ2v) is 9.94. The third-order valence-corrected chi connectivity index (χ3v) is 6.45. The minimum absolute atomic E-state index is 0.000915. The summed E-state index contributed by atoms with van der Waals surface area (Å²) in [6.07, 6.45) is -0.000915. The van der Waals surface area contributed by atoms with Crippen LogP contribution in [-0.4, -0.2) is 41.0 Å². The van der Waals surface area contributed by atoms with Gasteiger partial charge in [-0.15, -0.1) is 0 Å². The van der Waals surface area contributed by atoms with Crippen LogP contribution in [-0.2, 0) is 9.53 Å². The number of hydrogen-bond acceptors (Lipinski definition) is 5. The van der Waals surface area contributed by atoms with Crippen molar-refractivity contribution in [3.05, 3.63) is 81.2 Å². The monoisotopic (exact) mass is 525 g/mol. The van der Waals surface area contributed by atoms with Gasteiger partial charge in [-0.25, -0.2) is 0 Å². The van der Waals surface area contributed by atoms with E-state index in [0.29, 0.717) is 11.5 Å². The molecule has 0 bridgehead atoms. The first-order valence-corrected chi connectivity index (χ1v) is 12.2. The standard InChI is InChI=1S/C27H28BrNO5/c1-15(2)17-5-7-18(8-6-17)24-23(26(31)27(32)29(24)11-12-33-16(3)4)25(30)22-14-19-13-20(28)9-10-21(19)34-22/h5-10,13-16,24,31H,11-12H2,1-4H3. The number of aliphatic hydroxyl groups excluding tert-OH is 1. The number of ether oxygens (including phenoxy) is 1. The molecule has 1 aliphatic rings. The molecule has 1 aromatic heterocycles. The zero-order valence-electron chi connectivity index (χ0n) is 19.7. The Morgan fingerprint density at radius 1 is 1.12 bits per heavy atom. The molecule has 2 aromatic carbocycles. The van der Waals surface area contributed by atoms with E-state index in [1.165, 1.54) is 4.90 Å². The number of Topliss-reactive ketones (excluding diaryl/α,β-unsaturated/α-hetero) is 1. The maximum Gasteiger partial charge on any atom is 0.290 e. The average Bonchev–Trinajstić information content (AvgIpc) is 3.32. The van der Waals surface area contributed by atoms with Gasteiger partial charge in [0.1, 0.15) is 5.58 Å². The molecule has 0 radical (unpaired) electrons. The molecule has 1 unspecified atom stereocenters. The van der Waals surface area contributed by atoms with Crippen LogP contribution in [0.2, 0.25) is 0 Å². The summed E-state index contributed by atoms with van der Waals surface area (Å²) in [7, 11) is 0. The lowest BCUT2D eigenvalue weighted by Crippen LogP contribution is -2.34. The van der Waals surface area contributed by atoms with Gasteiger partial charge in [0.25, 0.3) is 5.91 Å². The van der Waals surface area contributed by atoms with Crippen LogP contribution in [0.3, 0.4) is 0 Å². The number of carbonyl (C=O) groups is 2. The molecule has 0 fully saturated rings. The lowest BCUT2D eigenvalue weighted by molar-refractivity contribution is -0.130. The van der Waals surface area contributed by atoms with Crippen molar-refractivity contribution >= 4 is 38.6 Å². The zero-order chi connectivity index (χ0) is 24.6. The summed E-state index contributed by atoms with van der Waals surface area (Å²) in [6, 6.07) is 14.1. The molecule has 4 rings (SSSR count). The second-order valence-electron chi connectivity index (χ2n) is 9.03. The fourth-order valence-electron chi connectivity index (χ4n) is 4.17. The molecule has 1 atom stereocenters. The molecule has 34 heavy (non-hydrogen) atoms. The Morgan fingerprint density at radius 2 is 1.82 bits per heavy atom. The van der Waals surface area contributed by atoms with E-state index in [1.54, 1.807) is 12.1 Å². The third-order valence-electron chi connectivity index (χ3n) is 5.95. The number of carbonyl (C=O) groups excluding carboxylic acids is 2. The lowest BCUT2D eigenvalue weighted by Gasteiger charge is -2.27. The topological polar surface area (TPSA) is 80.0 Å². The molecule has 178 valence electrons. The molecule has 6 nitrogen and oxygen atoms in total. The summed E-state index contributed by atoms with van der Waals surface area (Å²) < 4.78 is 12.3. The zero-order valence-corrected chi connectivity index (χ0v) is 21.3. The minimum atomic E-state index is -0.739. The van der Waals surface area contributed by atoms with Crippen LogP contribution in [0.15, 0.2) is 68.8 Å². The Bertz CT molecular complexity index is 1260. The van der Waals surface area contributed by atoms with E-state index in [9.17, 15) is 14.7 Å². The van der Waals surface area contributed by atoms with Gasteiger partial charge in [-0.05, 0) is 55.2 Å². The molecule has 1 aliphatic heterocycles. The van der Waals surface area contributed by atoms with E-state index in [2.05, 4.69) is 29.8 Å². The first-order chi connectivity index (χ1) is 16.2. The Kier molecular flexibility index (Phi) is 6.96. The van der Waals surface area contributed by atoms with Gasteiger partial charge in [-0.2, -0.15) is 0 Å². The molecular formula is C27H28BrNO5. The van der Waals surface area contributed by atoms with Crippen molar-refractivity contribution in [3.8, 4) is 0 Å². The molecule has 2 heterocycles. The van der Waals surface area contributed by atoms with Crippen LogP contribution in [0.25, 0.3) is 11.0 Å². The van der Waals surface area contributed by atoms with Crippen molar-refractivity contribution in [1.82, 2.24) is 4.90 Å². The third kappa shape index (κ3) is 4.68. The summed E-state index contributed by atoms with van der Waals surface area (Å²) in [6.45, 7) is 8.56. The number of rotatable bonds is 8. The Balaban J connectivity index is 1.75. The molecule has 3 aromatic rings. The van der Waals surface area contributed by atoms with Gasteiger partial charge in [0.15, 0.2) is 11.5 Å². The fourth-order valence-corrected chi connectivity index (χ4v) is 4.55. The van der Waals surface area contributed by atoms with Crippen molar-refractivity contribution in [2.45, 2.75) is 45.8 Å². The van der Waals surface area contributed by atoms with Crippen LogP contribution < -0.4 is 0 Å². The van der Waals surface area contributed by atoms with E-state index in [-0.39, 0.29) is 30.6 Å². The number of halogens is 1. The predicted molar refractivity (Wildman–Crippen MR) is 134 cm³/mol. The SMILES string of the molecule is CC(C)OCCN1C(=O)C(O)=C(C(=O)c2cc3cc(Br)ccc3o2)C1c1ccc(C(C)C)cc1. The van der Waals surface area contributed by atoms with Gasteiger partial charge >= 0.3 is 0 Å². The number of hydrogen-bond donors (Lipinski definition) is 1. The molecule has 1 N–H and O–H groups in total. The normalized spacial score (nSPS) is 16.5. The number of nitrogens with zero attached hydrogens (tertiary/aromatic N) is 1. The van der Waals surface area contributed by atoms with Crippen LogP contribution in [0.1, 0.15) is 61.3 Å². The van der Waals surface area contributed by atoms with Gasteiger partial charge < -0.3 is 19.2 Å². The van der Waals surface area contributed by atoms with Gasteiger partial charge in [0.05, 0.1) is 24.3 Å². The van der Waals surface area contributed by atoms with Gasteiger partial charge in [0.2, 0.25) is 5.78 Å². The molecule has 0 spiro atoms. The van der Waals surface area contributed by atoms with Crippen LogP contribution in [0, 0.1) is 0 Å². The first-order valence-electron chi connectivity index (χ1n) is 11.4. The Labute approximate surface area is 207 Å². The lowest BCUT2D eigenvalue weighted by atomic mass is 9.93. The maximum absolute atomic E-state index is 13.6. The van der Waals surface area contributed by atoms with E-state index in [1.807, 2.05) is 50.2 Å². The Hall–Kier alpha value is -2.90. The maximum atomic E-state index is 13.6. The van der Waals surface area contributed by atoms with Crippen LogP contribution >= 0.6 is 15.9 Å². The number of aliphatic hydroxyl groups is 1. The minimum Gasteiger partial charge on any atom is -0.503 e. The summed E-state index contributed by atoms with van der Waals surface area (Å²) in [4.78, 5) is 28.2. The quantitative estimate of drug-likeness (QED) is 0.348. The molecule has 7 heteroatoms. The molecule has 0 aliphatic carbocycles. The van der Waals surface area contributed by atoms with Crippen LogP contribution in [0.4, 0.5) is 0 Å². The summed E-state index contributed by atoms with van der Waals surface area (Å²) in [5.41, 5.74) is 2.46. The van der Waals surface area contributed by atoms with Crippen LogP contribution in [0.5, 0.6) is 0 Å². The van der Waals surface area contributed by atoms with Crippen molar-refractivity contribution in [2.75, 3.05) is 13.2 Å². The highest BCUT2D eigenvalue weighted by Gasteiger charge is 2.44. The van der Waals surface area contributed by atoms with Crippen molar-refractivity contribution in [2.24, 2.45) is 0 Å². The largest absolute Gasteiger partial charge is 0.503 e. The molecule has 0 saturated heterocycles.